The molecule has 0 spiro atoms. The zero-order chi connectivity index (χ0) is 63.0. The van der Waals surface area contributed by atoms with Crippen molar-refractivity contribution >= 4 is 19.8 Å². The molecule has 0 saturated heterocycles. The van der Waals surface area contributed by atoms with Crippen LogP contribution in [0.5, 0.6) is 0 Å². The van der Waals surface area contributed by atoms with Crippen LogP contribution >= 0.6 is 7.82 Å². The molecule has 0 amide bonds. The largest absolute Gasteiger partial charge is 0.472 e. The maximum atomic E-state index is 12.8. The second-order valence-corrected chi connectivity index (χ2v) is 24.1. The lowest BCUT2D eigenvalue weighted by molar-refractivity contribution is -0.161. The van der Waals surface area contributed by atoms with E-state index < -0.39 is 32.5 Å². The SMILES string of the molecule is CC/C=C\C/C=C\C/C=C\C/C=C\C/C=C\C/C=C\C/C=C\C/C=C\C/C=C\C/C=C\C/C=C\C/C=C\CCCCCCC(=O)OC(COC(=O)CCCCCCCCCCCCCCC/C=C\CCCCCCCCCC)COP(=O)(O)OCCN. The van der Waals surface area contributed by atoms with Crippen LogP contribution in [0.2, 0.25) is 0 Å². The topological polar surface area (TPSA) is 134 Å². The molecular formula is C77H128NO8P. The smallest absolute Gasteiger partial charge is 0.462 e. The molecule has 0 bridgehead atoms. The average molecular weight is 1230 g/mol. The third kappa shape index (κ3) is 70.6. The first kappa shape index (κ1) is 82.6. The van der Waals surface area contributed by atoms with E-state index in [1.54, 1.807) is 0 Å². The molecule has 0 rings (SSSR count). The number of phosphoric acid groups is 1. The van der Waals surface area contributed by atoms with Crippen LogP contribution in [-0.2, 0) is 32.7 Å². The van der Waals surface area contributed by atoms with Crippen molar-refractivity contribution in [3.8, 4) is 0 Å². The molecule has 0 saturated carbocycles. The molecule has 0 aliphatic heterocycles. The summed E-state index contributed by atoms with van der Waals surface area (Å²) in [5, 5.41) is 0. The number of carbonyl (C=O) groups is 2. The molecule has 494 valence electrons. The van der Waals surface area contributed by atoms with Gasteiger partial charge in [0.25, 0.3) is 0 Å². The van der Waals surface area contributed by atoms with Gasteiger partial charge in [-0.05, 0) is 128 Å². The van der Waals surface area contributed by atoms with Crippen LogP contribution in [0.4, 0.5) is 0 Å². The summed E-state index contributed by atoms with van der Waals surface area (Å²) >= 11 is 0. The van der Waals surface area contributed by atoms with Crippen molar-refractivity contribution in [2.24, 2.45) is 5.73 Å². The van der Waals surface area contributed by atoms with Gasteiger partial charge in [-0.25, -0.2) is 4.57 Å². The van der Waals surface area contributed by atoms with Gasteiger partial charge in [0.05, 0.1) is 13.2 Å². The molecule has 9 nitrogen and oxygen atoms in total. The fourth-order valence-electron chi connectivity index (χ4n) is 9.26. The molecule has 0 aromatic carbocycles. The second kappa shape index (κ2) is 70.7. The number of unbranched alkanes of at least 4 members (excludes halogenated alkanes) is 25. The van der Waals surface area contributed by atoms with Gasteiger partial charge < -0.3 is 20.1 Å². The van der Waals surface area contributed by atoms with Crippen molar-refractivity contribution in [3.63, 3.8) is 0 Å². The van der Waals surface area contributed by atoms with Crippen LogP contribution in [0.25, 0.3) is 0 Å². The Morgan fingerprint density at radius 1 is 0.356 bits per heavy atom. The highest BCUT2D eigenvalue weighted by molar-refractivity contribution is 7.47. The number of hydrogen-bond donors (Lipinski definition) is 2. The van der Waals surface area contributed by atoms with E-state index in [9.17, 15) is 19.0 Å². The monoisotopic (exact) mass is 1230 g/mol. The molecule has 0 heterocycles. The number of ether oxygens (including phenoxy) is 2. The molecule has 0 aromatic heterocycles. The van der Waals surface area contributed by atoms with Gasteiger partial charge in [0, 0.05) is 19.4 Å². The summed E-state index contributed by atoms with van der Waals surface area (Å²) in [6.45, 7) is 3.61. The van der Waals surface area contributed by atoms with Crippen molar-refractivity contribution in [1.82, 2.24) is 0 Å². The molecule has 10 heteroatoms. The first-order chi connectivity index (χ1) is 42.8. The van der Waals surface area contributed by atoms with Gasteiger partial charge in [0.1, 0.15) is 6.61 Å². The Balaban J connectivity index is 4.02. The lowest BCUT2D eigenvalue weighted by atomic mass is 10.0. The molecule has 0 radical (unpaired) electrons. The lowest BCUT2D eigenvalue weighted by Gasteiger charge is -2.19. The third-order valence-electron chi connectivity index (χ3n) is 14.4. The normalized spacial score (nSPS) is 13.9. The number of esters is 2. The van der Waals surface area contributed by atoms with Crippen LogP contribution in [0, 0.1) is 0 Å². The van der Waals surface area contributed by atoms with E-state index in [2.05, 4.69) is 172 Å². The average Bonchev–Trinajstić information content (AvgIpc) is 3.65. The highest BCUT2D eigenvalue weighted by atomic mass is 31.2. The minimum atomic E-state index is -4.41. The van der Waals surface area contributed by atoms with E-state index in [4.69, 9.17) is 24.3 Å². The Hall–Kier alpha value is -4.37. The van der Waals surface area contributed by atoms with Crippen LogP contribution in [0.15, 0.2) is 158 Å². The molecule has 2 unspecified atom stereocenters. The van der Waals surface area contributed by atoms with Gasteiger partial charge in [-0.15, -0.1) is 0 Å². The number of carbonyl (C=O) groups excluding carboxylic acids is 2. The fraction of sp³-hybridized carbons (Fsp3) is 0.636. The maximum absolute atomic E-state index is 12.8. The molecule has 87 heavy (non-hydrogen) atoms. The van der Waals surface area contributed by atoms with Crippen LogP contribution < -0.4 is 5.73 Å². The summed E-state index contributed by atoms with van der Waals surface area (Å²) in [7, 11) is -4.41. The number of rotatable bonds is 64. The number of hydrogen-bond acceptors (Lipinski definition) is 8. The van der Waals surface area contributed by atoms with E-state index in [1.807, 2.05) is 0 Å². The Morgan fingerprint density at radius 3 is 0.954 bits per heavy atom. The molecule has 2 atom stereocenters. The van der Waals surface area contributed by atoms with Crippen molar-refractivity contribution < 1.29 is 37.6 Å². The Kier molecular flexibility index (Phi) is 67.2. The van der Waals surface area contributed by atoms with Gasteiger partial charge in [-0.2, -0.15) is 0 Å². The predicted molar refractivity (Wildman–Crippen MR) is 376 cm³/mol. The van der Waals surface area contributed by atoms with Gasteiger partial charge in [-0.1, -0.05) is 300 Å². The summed E-state index contributed by atoms with van der Waals surface area (Å²) < 4.78 is 33.1. The van der Waals surface area contributed by atoms with E-state index in [-0.39, 0.29) is 32.6 Å². The molecule has 0 aromatic rings. The van der Waals surface area contributed by atoms with E-state index in [0.717, 1.165) is 122 Å². The molecule has 3 N–H and O–H groups in total. The summed E-state index contributed by atoms with van der Waals surface area (Å²) in [6.07, 6.45) is 103. The standard InChI is InChI=1S/C77H128NO8P/c1-3-5-7-9-11-13-15-17-19-21-23-25-27-29-30-31-32-33-34-35-36-37-38-39-40-41-42-43-44-46-48-50-52-54-56-58-60-62-64-66-68-70-77(80)86-75(74-85-87(81,82)84-72-71-78)73-83-76(79)69-67-65-63-61-59-57-55-53-51-49-47-45-28-26-24-22-20-18-16-14-12-10-8-6-4-2/h5,7,11,13,17,19,22-25,29-30,32-33,35-36,38-39,41-42,44,46,50,52,56,58,75H,3-4,6,8-10,12,14-16,18,20-21,26-28,31,34,37,40,43,45,47-49,51,53-55,57,59-74,78H2,1-2H3,(H,81,82)/b7-5-,13-11-,19-17-,24-22-,25-23-,30-29-,33-32-,36-35-,39-38-,42-41-,46-44-,52-50-,58-56-. The molecular weight excluding hydrogens is 1100 g/mol. The van der Waals surface area contributed by atoms with E-state index in [0.29, 0.717) is 6.42 Å². The Bertz CT molecular complexity index is 1980. The first-order valence-electron chi connectivity index (χ1n) is 35.0. The highest BCUT2D eigenvalue weighted by Crippen LogP contribution is 2.43. The van der Waals surface area contributed by atoms with Crippen molar-refractivity contribution in [1.29, 1.82) is 0 Å². The number of phosphoric ester groups is 1. The lowest BCUT2D eigenvalue weighted by Crippen LogP contribution is -2.29. The Morgan fingerprint density at radius 2 is 0.632 bits per heavy atom. The van der Waals surface area contributed by atoms with Gasteiger partial charge in [0.2, 0.25) is 0 Å². The van der Waals surface area contributed by atoms with Gasteiger partial charge in [-0.3, -0.25) is 18.6 Å². The second-order valence-electron chi connectivity index (χ2n) is 22.7. The maximum Gasteiger partial charge on any atom is 0.472 e. The summed E-state index contributed by atoms with van der Waals surface area (Å²) in [5.74, 6) is -0.861. The summed E-state index contributed by atoms with van der Waals surface area (Å²) in [5.41, 5.74) is 5.40. The van der Waals surface area contributed by atoms with E-state index in [1.165, 1.54) is 128 Å². The molecule has 0 fully saturated rings. The zero-order valence-electron chi connectivity index (χ0n) is 55.4. The predicted octanol–water partition coefficient (Wildman–Crippen LogP) is 23.2. The minimum Gasteiger partial charge on any atom is -0.462 e. The molecule has 0 aliphatic rings. The van der Waals surface area contributed by atoms with Crippen molar-refractivity contribution in [2.45, 2.75) is 290 Å². The van der Waals surface area contributed by atoms with Crippen LogP contribution in [0.3, 0.4) is 0 Å². The van der Waals surface area contributed by atoms with E-state index >= 15 is 0 Å². The quantitative estimate of drug-likeness (QED) is 0.0264. The van der Waals surface area contributed by atoms with Crippen molar-refractivity contribution in [2.75, 3.05) is 26.4 Å². The molecule has 0 aliphatic carbocycles. The summed E-state index contributed by atoms with van der Waals surface area (Å²) in [4.78, 5) is 35.3. The highest BCUT2D eigenvalue weighted by Gasteiger charge is 2.26. The number of allylic oxidation sites excluding steroid dienone is 26. The first-order valence-corrected chi connectivity index (χ1v) is 36.5. The van der Waals surface area contributed by atoms with Crippen LogP contribution in [-0.4, -0.2) is 49.3 Å². The Labute approximate surface area is 534 Å². The summed E-state index contributed by atoms with van der Waals surface area (Å²) in [6, 6.07) is 0. The zero-order valence-corrected chi connectivity index (χ0v) is 56.3. The van der Waals surface area contributed by atoms with Gasteiger partial charge >= 0.3 is 19.8 Å². The fourth-order valence-corrected chi connectivity index (χ4v) is 10.0. The number of nitrogens with two attached hydrogens (primary N) is 1. The minimum absolute atomic E-state index is 0.0418. The van der Waals surface area contributed by atoms with Crippen LogP contribution in [0.1, 0.15) is 284 Å². The third-order valence-corrected chi connectivity index (χ3v) is 15.4. The van der Waals surface area contributed by atoms with Gasteiger partial charge in [0.15, 0.2) is 6.10 Å². The van der Waals surface area contributed by atoms with Crippen molar-refractivity contribution in [3.05, 3.63) is 158 Å².